The molecule has 0 radical (unpaired) electrons. The number of carboxylic acid groups (broad SMARTS) is 1. The summed E-state index contributed by atoms with van der Waals surface area (Å²) in [5, 5.41) is 12.3. The minimum absolute atomic E-state index is 0.145. The number of carbonyl (C=O) groups is 1. The number of nitrogens with zero attached hydrogens (tertiary/aromatic N) is 1. The summed E-state index contributed by atoms with van der Waals surface area (Å²) in [6.45, 7) is 6.27. The second-order valence-corrected chi connectivity index (χ2v) is 4.66. The standard InChI is InChI=1S/C12H17ClN2O2/c1-4-9(7(2)3)14-11-6-8(12(16)17)5-10(13)15-11/h5-7,9H,4H2,1-3H3,(H,14,15)(H,16,17). The van der Waals surface area contributed by atoms with Crippen molar-refractivity contribution in [1.82, 2.24) is 4.98 Å². The zero-order chi connectivity index (χ0) is 13.0. The first kappa shape index (κ1) is 13.8. The van der Waals surface area contributed by atoms with Crippen molar-refractivity contribution in [2.45, 2.75) is 33.2 Å². The van der Waals surface area contributed by atoms with E-state index in [4.69, 9.17) is 16.7 Å². The van der Waals surface area contributed by atoms with Crippen molar-refractivity contribution in [3.63, 3.8) is 0 Å². The number of carboxylic acids is 1. The van der Waals surface area contributed by atoms with E-state index in [1.807, 2.05) is 0 Å². The predicted molar refractivity (Wildman–Crippen MR) is 68.7 cm³/mol. The van der Waals surface area contributed by atoms with Crippen LogP contribution in [0.25, 0.3) is 0 Å². The van der Waals surface area contributed by atoms with Gasteiger partial charge in [0.1, 0.15) is 11.0 Å². The Balaban J connectivity index is 2.94. The van der Waals surface area contributed by atoms with Gasteiger partial charge in [-0.3, -0.25) is 0 Å². The van der Waals surface area contributed by atoms with Crippen LogP contribution in [0.5, 0.6) is 0 Å². The molecule has 0 saturated heterocycles. The van der Waals surface area contributed by atoms with Gasteiger partial charge in [-0.15, -0.1) is 0 Å². The highest BCUT2D eigenvalue weighted by molar-refractivity contribution is 6.29. The molecular formula is C12H17ClN2O2. The van der Waals surface area contributed by atoms with Gasteiger partial charge in [-0.2, -0.15) is 0 Å². The Morgan fingerprint density at radius 1 is 1.53 bits per heavy atom. The lowest BCUT2D eigenvalue weighted by atomic mass is 10.0. The molecule has 17 heavy (non-hydrogen) atoms. The Bertz CT molecular complexity index is 407. The molecule has 94 valence electrons. The van der Waals surface area contributed by atoms with Gasteiger partial charge in [0.25, 0.3) is 0 Å². The van der Waals surface area contributed by atoms with Crippen molar-refractivity contribution >= 4 is 23.4 Å². The molecule has 0 aliphatic carbocycles. The zero-order valence-electron chi connectivity index (χ0n) is 10.2. The summed E-state index contributed by atoms with van der Waals surface area (Å²) in [5.41, 5.74) is 0.145. The van der Waals surface area contributed by atoms with E-state index in [1.54, 1.807) is 0 Å². The third kappa shape index (κ3) is 3.89. The van der Waals surface area contributed by atoms with Gasteiger partial charge in [-0.05, 0) is 24.5 Å². The third-order valence-electron chi connectivity index (χ3n) is 2.62. The monoisotopic (exact) mass is 256 g/mol. The third-order valence-corrected chi connectivity index (χ3v) is 2.81. The molecule has 1 aromatic rings. The molecule has 0 aliphatic rings. The van der Waals surface area contributed by atoms with Gasteiger partial charge >= 0.3 is 5.97 Å². The number of pyridine rings is 1. The molecule has 0 spiro atoms. The topological polar surface area (TPSA) is 62.2 Å². The molecule has 1 rings (SSSR count). The SMILES string of the molecule is CCC(Nc1cc(C(=O)O)cc(Cl)n1)C(C)C. The van der Waals surface area contributed by atoms with Crippen molar-refractivity contribution in [3.05, 3.63) is 22.8 Å². The summed E-state index contributed by atoms with van der Waals surface area (Å²) in [6, 6.07) is 3.09. The van der Waals surface area contributed by atoms with Crippen LogP contribution in [0.4, 0.5) is 5.82 Å². The summed E-state index contributed by atoms with van der Waals surface area (Å²) in [4.78, 5) is 15.0. The molecule has 4 nitrogen and oxygen atoms in total. The maximum Gasteiger partial charge on any atom is 0.335 e. The number of nitrogens with one attached hydrogen (secondary N) is 1. The number of aromatic nitrogens is 1. The fourth-order valence-corrected chi connectivity index (χ4v) is 1.83. The van der Waals surface area contributed by atoms with Crippen LogP contribution in [0.3, 0.4) is 0 Å². The molecule has 0 aliphatic heterocycles. The van der Waals surface area contributed by atoms with Crippen LogP contribution in [-0.4, -0.2) is 22.1 Å². The smallest absolute Gasteiger partial charge is 0.335 e. The summed E-state index contributed by atoms with van der Waals surface area (Å²) in [5.74, 6) is -0.0561. The Morgan fingerprint density at radius 3 is 2.65 bits per heavy atom. The molecular weight excluding hydrogens is 240 g/mol. The van der Waals surface area contributed by atoms with Gasteiger partial charge in [0.2, 0.25) is 0 Å². The van der Waals surface area contributed by atoms with Crippen LogP contribution >= 0.6 is 11.6 Å². The number of hydrogen-bond donors (Lipinski definition) is 2. The molecule has 1 atom stereocenters. The summed E-state index contributed by atoms with van der Waals surface area (Å²) < 4.78 is 0. The fraction of sp³-hybridized carbons (Fsp3) is 0.500. The Labute approximate surface area is 106 Å². The lowest BCUT2D eigenvalue weighted by molar-refractivity contribution is 0.0697. The van der Waals surface area contributed by atoms with E-state index >= 15 is 0 Å². The highest BCUT2D eigenvalue weighted by Gasteiger charge is 2.13. The molecule has 0 aromatic carbocycles. The van der Waals surface area contributed by atoms with Crippen LogP contribution < -0.4 is 5.32 Å². The minimum Gasteiger partial charge on any atom is -0.478 e. The first-order chi connectivity index (χ1) is 7.93. The van der Waals surface area contributed by atoms with Crippen molar-refractivity contribution < 1.29 is 9.90 Å². The van der Waals surface area contributed by atoms with Gasteiger partial charge in [-0.1, -0.05) is 32.4 Å². The second-order valence-electron chi connectivity index (χ2n) is 4.27. The van der Waals surface area contributed by atoms with Crippen LogP contribution in [0.1, 0.15) is 37.6 Å². The van der Waals surface area contributed by atoms with E-state index in [0.29, 0.717) is 11.7 Å². The van der Waals surface area contributed by atoms with Crippen molar-refractivity contribution in [2.75, 3.05) is 5.32 Å². The Kier molecular flexibility index (Phi) is 4.75. The molecule has 1 unspecified atom stereocenters. The Morgan fingerprint density at radius 2 is 2.18 bits per heavy atom. The highest BCUT2D eigenvalue weighted by Crippen LogP contribution is 2.18. The van der Waals surface area contributed by atoms with Crippen LogP contribution in [0, 0.1) is 5.92 Å². The quantitative estimate of drug-likeness (QED) is 0.794. The van der Waals surface area contributed by atoms with E-state index in [0.717, 1.165) is 6.42 Å². The lowest BCUT2D eigenvalue weighted by Crippen LogP contribution is -2.25. The highest BCUT2D eigenvalue weighted by atomic mass is 35.5. The van der Waals surface area contributed by atoms with Crippen LogP contribution in [0.15, 0.2) is 12.1 Å². The van der Waals surface area contributed by atoms with Gasteiger partial charge in [0, 0.05) is 6.04 Å². The number of halogens is 1. The summed E-state index contributed by atoms with van der Waals surface area (Å²) in [7, 11) is 0. The van der Waals surface area contributed by atoms with E-state index in [-0.39, 0.29) is 16.8 Å². The molecule has 0 saturated carbocycles. The summed E-state index contributed by atoms with van der Waals surface area (Å²) >= 11 is 5.79. The molecule has 2 N–H and O–H groups in total. The van der Waals surface area contributed by atoms with Crippen molar-refractivity contribution in [1.29, 1.82) is 0 Å². The molecule has 0 amide bonds. The van der Waals surface area contributed by atoms with E-state index in [2.05, 4.69) is 31.1 Å². The van der Waals surface area contributed by atoms with Crippen molar-refractivity contribution in [3.8, 4) is 0 Å². The van der Waals surface area contributed by atoms with Gasteiger partial charge in [0.05, 0.1) is 5.56 Å². The maximum atomic E-state index is 10.9. The molecule has 5 heteroatoms. The number of hydrogen-bond acceptors (Lipinski definition) is 3. The van der Waals surface area contributed by atoms with E-state index in [9.17, 15) is 4.79 Å². The van der Waals surface area contributed by atoms with Gasteiger partial charge in [0.15, 0.2) is 0 Å². The lowest BCUT2D eigenvalue weighted by Gasteiger charge is -2.21. The number of aromatic carboxylic acids is 1. The molecule has 0 bridgehead atoms. The largest absolute Gasteiger partial charge is 0.478 e. The normalized spacial score (nSPS) is 12.5. The molecule has 1 heterocycles. The molecule has 1 aromatic heterocycles. The zero-order valence-corrected chi connectivity index (χ0v) is 11.0. The van der Waals surface area contributed by atoms with Gasteiger partial charge in [-0.25, -0.2) is 9.78 Å². The molecule has 0 fully saturated rings. The van der Waals surface area contributed by atoms with E-state index < -0.39 is 5.97 Å². The minimum atomic E-state index is -1.00. The first-order valence-electron chi connectivity index (χ1n) is 5.61. The van der Waals surface area contributed by atoms with Crippen molar-refractivity contribution in [2.24, 2.45) is 5.92 Å². The number of anilines is 1. The van der Waals surface area contributed by atoms with Crippen LogP contribution in [-0.2, 0) is 0 Å². The maximum absolute atomic E-state index is 10.9. The fourth-order valence-electron chi connectivity index (χ4n) is 1.62. The van der Waals surface area contributed by atoms with E-state index in [1.165, 1.54) is 12.1 Å². The second kappa shape index (κ2) is 5.87. The average Bonchev–Trinajstić information content (AvgIpc) is 2.24. The number of rotatable bonds is 5. The van der Waals surface area contributed by atoms with Crippen LogP contribution in [0.2, 0.25) is 5.15 Å². The Hall–Kier alpha value is -1.29. The predicted octanol–water partition coefficient (Wildman–Crippen LogP) is 3.28. The summed E-state index contributed by atoms with van der Waals surface area (Å²) in [6.07, 6.45) is 0.939. The first-order valence-corrected chi connectivity index (χ1v) is 5.99. The average molecular weight is 257 g/mol. The van der Waals surface area contributed by atoms with Gasteiger partial charge < -0.3 is 10.4 Å².